The van der Waals surface area contributed by atoms with Crippen molar-refractivity contribution in [2.45, 2.75) is 33.2 Å². The summed E-state index contributed by atoms with van der Waals surface area (Å²) in [6.07, 6.45) is 0. The number of aryl methyl sites for hydroxylation is 1. The second kappa shape index (κ2) is 5.80. The van der Waals surface area contributed by atoms with Crippen molar-refractivity contribution >= 4 is 0 Å². The highest BCUT2D eigenvalue weighted by Crippen LogP contribution is 2.26. The lowest BCUT2D eigenvalue weighted by Gasteiger charge is -2.11. The van der Waals surface area contributed by atoms with Gasteiger partial charge >= 0.3 is 0 Å². The van der Waals surface area contributed by atoms with Gasteiger partial charge in [0.25, 0.3) is 0 Å². The van der Waals surface area contributed by atoms with Crippen LogP contribution in [0.1, 0.15) is 36.6 Å². The van der Waals surface area contributed by atoms with E-state index in [0.717, 1.165) is 11.4 Å². The summed E-state index contributed by atoms with van der Waals surface area (Å²) < 4.78 is 5.68. The number of benzene rings is 1. The minimum absolute atomic E-state index is 0.384. The van der Waals surface area contributed by atoms with Crippen LogP contribution in [0.25, 0.3) is 0 Å². The first kappa shape index (κ1) is 13.5. The van der Waals surface area contributed by atoms with Crippen molar-refractivity contribution in [3.63, 3.8) is 0 Å². The van der Waals surface area contributed by atoms with Crippen LogP contribution >= 0.6 is 0 Å². The van der Waals surface area contributed by atoms with Crippen molar-refractivity contribution in [1.29, 1.82) is 0 Å². The van der Waals surface area contributed by atoms with Gasteiger partial charge in [0, 0.05) is 12.6 Å². The molecule has 0 amide bonds. The molecule has 0 aliphatic carbocycles. The average molecular weight is 257 g/mol. The molecule has 0 saturated heterocycles. The number of ether oxygens (including phenoxy) is 1. The molecule has 0 saturated carbocycles. The fourth-order valence-corrected chi connectivity index (χ4v) is 1.99. The Morgan fingerprint density at radius 2 is 1.95 bits per heavy atom. The lowest BCUT2D eigenvalue weighted by molar-refractivity contribution is 0.453. The first-order valence-electron chi connectivity index (χ1n) is 6.41. The van der Waals surface area contributed by atoms with Gasteiger partial charge in [-0.05, 0) is 42.2 Å². The van der Waals surface area contributed by atoms with Gasteiger partial charge in [-0.2, -0.15) is 5.10 Å². The molecule has 1 aromatic heterocycles. The van der Waals surface area contributed by atoms with Gasteiger partial charge < -0.3 is 10.5 Å². The van der Waals surface area contributed by atoms with Crippen LogP contribution in [0.5, 0.6) is 11.6 Å². The summed E-state index contributed by atoms with van der Waals surface area (Å²) in [6.45, 7) is 6.83. The van der Waals surface area contributed by atoms with Crippen molar-refractivity contribution in [2.75, 3.05) is 0 Å². The summed E-state index contributed by atoms with van der Waals surface area (Å²) in [4.78, 5) is 0. The van der Waals surface area contributed by atoms with E-state index in [9.17, 15) is 0 Å². The van der Waals surface area contributed by atoms with Gasteiger partial charge in [0.1, 0.15) is 5.75 Å². The molecule has 1 heterocycles. The van der Waals surface area contributed by atoms with E-state index < -0.39 is 0 Å². The van der Waals surface area contributed by atoms with Gasteiger partial charge in [-0.15, -0.1) is 5.10 Å². The monoisotopic (exact) mass is 257 g/mol. The summed E-state index contributed by atoms with van der Waals surface area (Å²) >= 11 is 0. The molecular formula is C15H19N3O. The maximum atomic E-state index is 5.68. The fraction of sp³-hybridized carbons (Fsp3) is 0.333. The van der Waals surface area contributed by atoms with Gasteiger partial charge in [0.2, 0.25) is 5.88 Å². The minimum Gasteiger partial charge on any atom is -0.438 e. The first-order valence-corrected chi connectivity index (χ1v) is 6.41. The highest BCUT2D eigenvalue weighted by Gasteiger charge is 2.06. The van der Waals surface area contributed by atoms with Crippen LogP contribution in [0.15, 0.2) is 30.3 Å². The van der Waals surface area contributed by atoms with E-state index in [1.807, 2.05) is 18.2 Å². The number of rotatable bonds is 4. The smallest absolute Gasteiger partial charge is 0.238 e. The molecule has 0 radical (unpaired) electrons. The standard InChI is InChI=1S/C15H19N3O/c1-10(2)14-6-5-13(8-11(14)3)19-15-7-4-12(9-16)17-18-15/h4-8,10H,9,16H2,1-3H3. The van der Waals surface area contributed by atoms with Gasteiger partial charge in [-0.25, -0.2) is 0 Å². The van der Waals surface area contributed by atoms with E-state index in [-0.39, 0.29) is 0 Å². The molecule has 2 N–H and O–H groups in total. The van der Waals surface area contributed by atoms with Crippen LogP contribution < -0.4 is 10.5 Å². The van der Waals surface area contributed by atoms with Gasteiger partial charge in [0.05, 0.1) is 5.69 Å². The third kappa shape index (κ3) is 3.29. The van der Waals surface area contributed by atoms with Crippen LogP contribution in [0.3, 0.4) is 0 Å². The summed E-state index contributed by atoms with van der Waals surface area (Å²) in [7, 11) is 0. The zero-order valence-electron chi connectivity index (χ0n) is 11.6. The zero-order chi connectivity index (χ0) is 13.8. The van der Waals surface area contributed by atoms with Crippen LogP contribution in [0.2, 0.25) is 0 Å². The second-order valence-corrected chi connectivity index (χ2v) is 4.84. The van der Waals surface area contributed by atoms with Crippen LogP contribution in [-0.4, -0.2) is 10.2 Å². The predicted molar refractivity (Wildman–Crippen MR) is 75.3 cm³/mol. The lowest BCUT2D eigenvalue weighted by Crippen LogP contribution is -2.01. The normalized spacial score (nSPS) is 10.8. The summed E-state index contributed by atoms with van der Waals surface area (Å²) in [5.74, 6) is 1.77. The van der Waals surface area contributed by atoms with Crippen molar-refractivity contribution in [1.82, 2.24) is 10.2 Å². The van der Waals surface area contributed by atoms with Crippen molar-refractivity contribution < 1.29 is 4.74 Å². The van der Waals surface area contributed by atoms with E-state index in [1.165, 1.54) is 11.1 Å². The summed E-state index contributed by atoms with van der Waals surface area (Å²) in [5.41, 5.74) is 8.77. The van der Waals surface area contributed by atoms with Crippen molar-refractivity contribution in [3.8, 4) is 11.6 Å². The van der Waals surface area contributed by atoms with Crippen molar-refractivity contribution in [2.24, 2.45) is 5.73 Å². The van der Waals surface area contributed by atoms with E-state index in [0.29, 0.717) is 18.3 Å². The van der Waals surface area contributed by atoms with E-state index in [2.05, 4.69) is 37.0 Å². The Balaban J connectivity index is 2.16. The maximum Gasteiger partial charge on any atom is 0.238 e. The number of hydrogen-bond donors (Lipinski definition) is 1. The Kier molecular flexibility index (Phi) is 4.12. The molecule has 19 heavy (non-hydrogen) atoms. The maximum absolute atomic E-state index is 5.68. The quantitative estimate of drug-likeness (QED) is 0.914. The fourth-order valence-electron chi connectivity index (χ4n) is 1.99. The third-order valence-electron chi connectivity index (χ3n) is 2.99. The second-order valence-electron chi connectivity index (χ2n) is 4.84. The Hall–Kier alpha value is -1.94. The van der Waals surface area contributed by atoms with Crippen molar-refractivity contribution in [3.05, 3.63) is 47.2 Å². The zero-order valence-corrected chi connectivity index (χ0v) is 11.6. The molecule has 0 aliphatic heterocycles. The Morgan fingerprint density at radius 1 is 1.16 bits per heavy atom. The molecular weight excluding hydrogens is 238 g/mol. The van der Waals surface area contributed by atoms with E-state index in [1.54, 1.807) is 6.07 Å². The van der Waals surface area contributed by atoms with Crippen LogP contribution in [-0.2, 0) is 6.54 Å². The third-order valence-corrected chi connectivity index (χ3v) is 2.99. The lowest BCUT2D eigenvalue weighted by atomic mass is 9.98. The molecule has 1 aromatic carbocycles. The molecule has 4 heteroatoms. The number of nitrogens with two attached hydrogens (primary N) is 1. The molecule has 100 valence electrons. The summed E-state index contributed by atoms with van der Waals surface area (Å²) in [6, 6.07) is 9.67. The highest BCUT2D eigenvalue weighted by molar-refractivity contribution is 5.37. The molecule has 2 rings (SSSR count). The molecule has 0 atom stereocenters. The van der Waals surface area contributed by atoms with E-state index >= 15 is 0 Å². The highest BCUT2D eigenvalue weighted by atomic mass is 16.5. The van der Waals surface area contributed by atoms with Gasteiger partial charge in [-0.1, -0.05) is 19.9 Å². The average Bonchev–Trinajstić information content (AvgIpc) is 2.39. The predicted octanol–water partition coefficient (Wildman–Crippen LogP) is 3.16. The molecule has 0 bridgehead atoms. The van der Waals surface area contributed by atoms with Gasteiger partial charge in [0.15, 0.2) is 0 Å². The topological polar surface area (TPSA) is 61.0 Å². The first-order chi connectivity index (χ1) is 9.10. The van der Waals surface area contributed by atoms with Crippen LogP contribution in [0, 0.1) is 6.92 Å². The molecule has 0 spiro atoms. The molecule has 0 unspecified atom stereocenters. The Labute approximate surface area is 113 Å². The van der Waals surface area contributed by atoms with Crippen LogP contribution in [0.4, 0.5) is 0 Å². The minimum atomic E-state index is 0.384. The molecule has 0 aliphatic rings. The SMILES string of the molecule is Cc1cc(Oc2ccc(CN)nn2)ccc1C(C)C. The largest absolute Gasteiger partial charge is 0.438 e. The molecule has 0 fully saturated rings. The number of aromatic nitrogens is 2. The summed E-state index contributed by atoms with van der Waals surface area (Å²) in [5, 5.41) is 7.94. The molecule has 2 aromatic rings. The number of nitrogens with zero attached hydrogens (tertiary/aromatic N) is 2. The number of hydrogen-bond acceptors (Lipinski definition) is 4. The Morgan fingerprint density at radius 3 is 2.47 bits per heavy atom. The van der Waals surface area contributed by atoms with Gasteiger partial charge in [-0.3, -0.25) is 0 Å². The Bertz CT molecular complexity index is 550. The molecule has 4 nitrogen and oxygen atoms in total. The van der Waals surface area contributed by atoms with E-state index in [4.69, 9.17) is 10.5 Å².